The fraction of sp³-hybridized carbons (Fsp3) is 0.323. The predicted molar refractivity (Wildman–Crippen MR) is 141 cm³/mol. The number of nitrogens with zero attached hydrogens (tertiary/aromatic N) is 1. The molecular formula is C31H34N2O. The zero-order chi connectivity index (χ0) is 23.7. The van der Waals surface area contributed by atoms with E-state index in [0.29, 0.717) is 23.6 Å². The van der Waals surface area contributed by atoms with Gasteiger partial charge in [-0.15, -0.1) is 0 Å². The molecule has 1 aliphatic rings. The number of benzene rings is 3. The summed E-state index contributed by atoms with van der Waals surface area (Å²) in [7, 11) is 0. The van der Waals surface area contributed by atoms with Gasteiger partial charge in [-0.3, -0.25) is 0 Å². The minimum atomic E-state index is 0.0740. The van der Waals surface area contributed by atoms with Gasteiger partial charge >= 0.3 is 0 Å². The van der Waals surface area contributed by atoms with E-state index in [0.717, 1.165) is 35.4 Å². The first-order valence-corrected chi connectivity index (χ1v) is 12.6. The predicted octanol–water partition coefficient (Wildman–Crippen LogP) is 8.82. The third kappa shape index (κ3) is 4.16. The number of aromatic nitrogens is 1. The van der Waals surface area contributed by atoms with Crippen LogP contribution in [0.2, 0.25) is 0 Å². The molecule has 0 aliphatic carbocycles. The van der Waals surface area contributed by atoms with E-state index in [-0.39, 0.29) is 6.04 Å². The van der Waals surface area contributed by atoms with Crippen molar-refractivity contribution in [2.24, 2.45) is 5.92 Å². The van der Waals surface area contributed by atoms with Gasteiger partial charge in [0.05, 0.1) is 6.04 Å². The maximum atomic E-state index is 6.49. The second kappa shape index (κ2) is 9.50. The molecule has 2 heterocycles. The molecule has 1 aliphatic heterocycles. The molecule has 3 unspecified atom stereocenters. The zero-order valence-corrected chi connectivity index (χ0v) is 20.6. The molecule has 1 N–H and O–H groups in total. The average molecular weight is 451 g/mol. The van der Waals surface area contributed by atoms with Crippen LogP contribution in [0, 0.1) is 5.92 Å². The quantitative estimate of drug-likeness (QED) is 0.330. The van der Waals surface area contributed by atoms with Gasteiger partial charge < -0.3 is 9.73 Å². The number of fused-ring (bicyclic) bond motifs is 1. The Kier molecular flexibility index (Phi) is 6.28. The molecule has 3 atom stereocenters. The van der Waals surface area contributed by atoms with Gasteiger partial charge in [0.1, 0.15) is 5.69 Å². The number of nitrogens with one attached hydrogen (secondary N) is 1. The third-order valence-corrected chi connectivity index (χ3v) is 7.37. The summed E-state index contributed by atoms with van der Waals surface area (Å²) >= 11 is 0. The number of hydrogen-bond acceptors (Lipinski definition) is 3. The Morgan fingerprint density at radius 3 is 2.24 bits per heavy atom. The molecule has 4 aromatic rings. The SMILES string of the molecule is CCC1CC(c2nc(-c3ccccc3)oc2-c2ccccc2)Nc2c(C(C)C)cccc2C1C. The van der Waals surface area contributed by atoms with Crippen LogP contribution in [0.15, 0.2) is 83.3 Å². The Labute approximate surface area is 203 Å². The van der Waals surface area contributed by atoms with Gasteiger partial charge in [-0.05, 0) is 47.4 Å². The fourth-order valence-corrected chi connectivity index (χ4v) is 5.38. The van der Waals surface area contributed by atoms with E-state index in [1.54, 1.807) is 0 Å². The normalized spacial score (nSPS) is 20.0. The summed E-state index contributed by atoms with van der Waals surface area (Å²) in [5, 5.41) is 3.97. The Morgan fingerprint density at radius 1 is 0.912 bits per heavy atom. The molecular weight excluding hydrogens is 416 g/mol. The molecule has 3 nitrogen and oxygen atoms in total. The van der Waals surface area contributed by atoms with E-state index in [4.69, 9.17) is 9.40 Å². The third-order valence-electron chi connectivity index (χ3n) is 7.37. The highest BCUT2D eigenvalue weighted by molar-refractivity contribution is 5.67. The second-order valence-electron chi connectivity index (χ2n) is 9.82. The summed E-state index contributed by atoms with van der Waals surface area (Å²) in [6, 6.07) is 27.5. The Balaban J connectivity index is 1.67. The van der Waals surface area contributed by atoms with E-state index in [1.165, 1.54) is 16.8 Å². The van der Waals surface area contributed by atoms with Gasteiger partial charge in [-0.1, -0.05) is 101 Å². The summed E-state index contributed by atoms with van der Waals surface area (Å²) in [4.78, 5) is 5.13. The number of oxazole rings is 1. The molecule has 1 aromatic heterocycles. The molecule has 0 spiro atoms. The molecule has 174 valence electrons. The molecule has 0 saturated heterocycles. The summed E-state index contributed by atoms with van der Waals surface area (Å²) in [5.74, 6) is 3.03. The summed E-state index contributed by atoms with van der Waals surface area (Å²) in [6.45, 7) is 9.25. The van der Waals surface area contributed by atoms with Crippen LogP contribution in [0.1, 0.15) is 75.2 Å². The van der Waals surface area contributed by atoms with Crippen molar-refractivity contribution in [2.45, 2.75) is 58.4 Å². The number of hydrogen-bond donors (Lipinski definition) is 1. The Bertz CT molecular complexity index is 1240. The molecule has 0 radical (unpaired) electrons. The lowest BCUT2D eigenvalue weighted by molar-refractivity contribution is 0.387. The molecule has 3 heteroatoms. The summed E-state index contributed by atoms with van der Waals surface area (Å²) in [6.07, 6.45) is 2.15. The maximum absolute atomic E-state index is 6.49. The van der Waals surface area contributed by atoms with Crippen LogP contribution in [-0.4, -0.2) is 4.98 Å². The number of para-hydroxylation sites is 1. The number of rotatable bonds is 5. The minimum absolute atomic E-state index is 0.0740. The molecule has 34 heavy (non-hydrogen) atoms. The second-order valence-corrected chi connectivity index (χ2v) is 9.82. The van der Waals surface area contributed by atoms with Crippen LogP contribution in [0.25, 0.3) is 22.8 Å². The van der Waals surface area contributed by atoms with E-state index >= 15 is 0 Å². The molecule has 0 fully saturated rings. The van der Waals surface area contributed by atoms with Crippen molar-refractivity contribution in [3.63, 3.8) is 0 Å². The lowest BCUT2D eigenvalue weighted by atomic mass is 9.81. The number of anilines is 1. The van der Waals surface area contributed by atoms with Crippen molar-refractivity contribution in [1.29, 1.82) is 0 Å². The summed E-state index contributed by atoms with van der Waals surface area (Å²) < 4.78 is 6.49. The largest absolute Gasteiger partial charge is 0.436 e. The van der Waals surface area contributed by atoms with Crippen LogP contribution >= 0.6 is 0 Å². The lowest BCUT2D eigenvalue weighted by Crippen LogP contribution is -2.16. The zero-order valence-electron chi connectivity index (χ0n) is 20.6. The summed E-state index contributed by atoms with van der Waals surface area (Å²) in [5.41, 5.74) is 7.16. The smallest absolute Gasteiger partial charge is 0.227 e. The van der Waals surface area contributed by atoms with Crippen LogP contribution in [-0.2, 0) is 0 Å². The van der Waals surface area contributed by atoms with E-state index in [1.807, 2.05) is 24.3 Å². The topological polar surface area (TPSA) is 38.1 Å². The average Bonchev–Trinajstić information content (AvgIpc) is 3.26. The highest BCUT2D eigenvalue weighted by Gasteiger charge is 2.33. The van der Waals surface area contributed by atoms with Crippen molar-refractivity contribution in [1.82, 2.24) is 4.98 Å². The monoisotopic (exact) mass is 450 g/mol. The molecule has 0 saturated carbocycles. The van der Waals surface area contributed by atoms with Crippen molar-refractivity contribution in [2.75, 3.05) is 5.32 Å². The first-order valence-electron chi connectivity index (χ1n) is 12.6. The minimum Gasteiger partial charge on any atom is -0.436 e. The van der Waals surface area contributed by atoms with Gasteiger partial charge in [0.25, 0.3) is 0 Å². The molecule has 5 rings (SSSR count). The van der Waals surface area contributed by atoms with Crippen molar-refractivity contribution in [3.05, 3.63) is 95.7 Å². The van der Waals surface area contributed by atoms with E-state index in [2.05, 4.69) is 87.6 Å². The molecule has 0 amide bonds. The van der Waals surface area contributed by atoms with Gasteiger partial charge in [-0.25, -0.2) is 4.98 Å². The van der Waals surface area contributed by atoms with Gasteiger partial charge in [0.15, 0.2) is 5.76 Å². The van der Waals surface area contributed by atoms with Gasteiger partial charge in [0, 0.05) is 16.8 Å². The van der Waals surface area contributed by atoms with Gasteiger partial charge in [0.2, 0.25) is 5.89 Å². The highest BCUT2D eigenvalue weighted by Crippen LogP contribution is 2.46. The van der Waals surface area contributed by atoms with Crippen molar-refractivity contribution >= 4 is 5.69 Å². The Hall–Kier alpha value is -3.33. The van der Waals surface area contributed by atoms with Crippen molar-refractivity contribution in [3.8, 4) is 22.8 Å². The van der Waals surface area contributed by atoms with E-state index in [9.17, 15) is 0 Å². The first-order chi connectivity index (χ1) is 16.6. The lowest BCUT2D eigenvalue weighted by Gasteiger charge is -2.22. The molecule has 0 bridgehead atoms. The van der Waals surface area contributed by atoms with Crippen LogP contribution < -0.4 is 5.32 Å². The molecule has 3 aromatic carbocycles. The standard InChI is InChI=1S/C31H34N2O/c1-5-22-19-27(32-28-25(20(2)3)17-12-18-26(28)21(22)4)29-30(23-13-8-6-9-14-23)34-31(33-29)24-15-10-7-11-16-24/h6-18,20-22,27,32H,5,19H2,1-4H3. The maximum Gasteiger partial charge on any atom is 0.227 e. The fourth-order valence-electron chi connectivity index (χ4n) is 5.38. The van der Waals surface area contributed by atoms with Crippen LogP contribution in [0.3, 0.4) is 0 Å². The van der Waals surface area contributed by atoms with Crippen molar-refractivity contribution < 1.29 is 4.42 Å². The Morgan fingerprint density at radius 2 is 1.59 bits per heavy atom. The van der Waals surface area contributed by atoms with Crippen LogP contribution in [0.4, 0.5) is 5.69 Å². The highest BCUT2D eigenvalue weighted by atomic mass is 16.4. The van der Waals surface area contributed by atoms with E-state index < -0.39 is 0 Å². The van der Waals surface area contributed by atoms with Crippen LogP contribution in [0.5, 0.6) is 0 Å². The van der Waals surface area contributed by atoms with Gasteiger partial charge in [-0.2, -0.15) is 0 Å². The first kappa shape index (κ1) is 22.5.